The summed E-state index contributed by atoms with van der Waals surface area (Å²) < 4.78 is 54.5. The first kappa shape index (κ1) is 28.8. The Kier molecular flexibility index (Phi) is 8.69. The highest BCUT2D eigenvalue weighted by atomic mass is 35.5. The number of halogens is 2. The maximum atomic E-state index is 13.3. The summed E-state index contributed by atoms with van der Waals surface area (Å²) in [4.78, 5) is 13.8. The zero-order valence-electron chi connectivity index (χ0n) is 21.0. The van der Waals surface area contributed by atoms with E-state index in [-0.39, 0.29) is 39.6 Å². The fourth-order valence-corrected chi connectivity index (χ4v) is 7.62. The highest BCUT2D eigenvalue weighted by Gasteiger charge is 2.36. The molecule has 3 aromatic rings. The number of benzene rings is 3. The van der Waals surface area contributed by atoms with Crippen LogP contribution in [0.15, 0.2) is 70.5 Å². The van der Waals surface area contributed by atoms with Crippen molar-refractivity contribution in [2.75, 3.05) is 19.5 Å². The zero-order valence-corrected chi connectivity index (χ0v) is 24.1. The first-order chi connectivity index (χ1) is 18.0. The fraction of sp³-hybridized carbons (Fsp3) is 0.321. The average molecular weight is 596 g/mol. The number of hydrogen-bond acceptors (Lipinski definition) is 6. The third-order valence-corrected chi connectivity index (χ3v) is 11.3. The molecule has 0 unspecified atom stereocenters. The highest BCUT2D eigenvalue weighted by Crippen LogP contribution is 2.38. The van der Waals surface area contributed by atoms with E-state index < -0.39 is 25.6 Å². The van der Waals surface area contributed by atoms with Crippen LogP contribution in [0.2, 0.25) is 10.0 Å². The van der Waals surface area contributed by atoms with E-state index in [2.05, 4.69) is 0 Å². The van der Waals surface area contributed by atoms with Gasteiger partial charge < -0.3 is 4.74 Å². The van der Waals surface area contributed by atoms with Gasteiger partial charge in [0.1, 0.15) is 5.78 Å². The maximum absolute atomic E-state index is 13.3. The van der Waals surface area contributed by atoms with Crippen molar-refractivity contribution in [3.05, 3.63) is 81.8 Å². The van der Waals surface area contributed by atoms with Crippen molar-refractivity contribution in [1.29, 1.82) is 0 Å². The van der Waals surface area contributed by atoms with E-state index >= 15 is 0 Å². The van der Waals surface area contributed by atoms with Gasteiger partial charge in [-0.1, -0.05) is 54.4 Å². The standard InChI is InChI=1S/C28H28Cl2O6S2/c1-3-37(32,33)21-8-4-19(5-9-21)24(17-36-2)27(31)16-18-14-25(29)28(26(30)15-18)20-6-10-22(11-7-20)38(34,35)23-12-13-23/h4-11,14-15,23-24H,3,12-13,16-17H2,1-2H3/t24-/m0/s1. The first-order valence-electron chi connectivity index (χ1n) is 12.1. The molecule has 0 amide bonds. The van der Waals surface area contributed by atoms with Crippen molar-refractivity contribution in [2.24, 2.45) is 0 Å². The summed E-state index contributed by atoms with van der Waals surface area (Å²) in [5.74, 6) is -0.738. The van der Waals surface area contributed by atoms with Crippen LogP contribution in [-0.2, 0) is 35.6 Å². The number of ether oxygens (including phenoxy) is 1. The molecule has 0 bridgehead atoms. The van der Waals surface area contributed by atoms with E-state index in [0.717, 1.165) is 0 Å². The molecule has 1 aliphatic carbocycles. The van der Waals surface area contributed by atoms with E-state index in [0.29, 0.717) is 45.1 Å². The van der Waals surface area contributed by atoms with Gasteiger partial charge in [-0.25, -0.2) is 16.8 Å². The Labute approximate surface area is 233 Å². The number of methoxy groups -OCH3 is 1. The summed E-state index contributed by atoms with van der Waals surface area (Å²) in [7, 11) is -5.14. The van der Waals surface area contributed by atoms with Gasteiger partial charge in [0, 0.05) is 19.1 Å². The van der Waals surface area contributed by atoms with Gasteiger partial charge >= 0.3 is 0 Å². The topological polar surface area (TPSA) is 94.6 Å². The lowest BCUT2D eigenvalue weighted by atomic mass is 9.91. The molecule has 3 aromatic carbocycles. The quantitative estimate of drug-likeness (QED) is 0.273. The lowest BCUT2D eigenvalue weighted by Gasteiger charge is -2.17. The second-order valence-corrected chi connectivity index (χ2v) is 14.6. The zero-order chi connectivity index (χ0) is 27.7. The van der Waals surface area contributed by atoms with E-state index in [4.69, 9.17) is 27.9 Å². The minimum Gasteiger partial charge on any atom is -0.384 e. The van der Waals surface area contributed by atoms with Gasteiger partial charge in [0.25, 0.3) is 0 Å². The Morgan fingerprint density at radius 3 is 1.97 bits per heavy atom. The second-order valence-electron chi connectivity index (χ2n) is 9.33. The van der Waals surface area contributed by atoms with Crippen molar-refractivity contribution in [2.45, 2.75) is 47.1 Å². The van der Waals surface area contributed by atoms with E-state index in [1.807, 2.05) is 0 Å². The van der Waals surface area contributed by atoms with Crippen LogP contribution >= 0.6 is 23.2 Å². The van der Waals surface area contributed by atoms with Gasteiger partial charge in [0.2, 0.25) is 0 Å². The number of rotatable bonds is 11. The van der Waals surface area contributed by atoms with Crippen LogP contribution < -0.4 is 0 Å². The molecule has 202 valence electrons. The van der Waals surface area contributed by atoms with Crippen LogP contribution in [0.5, 0.6) is 0 Å². The number of hydrogen-bond donors (Lipinski definition) is 0. The molecule has 0 aromatic heterocycles. The lowest BCUT2D eigenvalue weighted by molar-refractivity contribution is -0.121. The SMILES string of the molecule is CCS(=O)(=O)c1ccc([C@H](COC)C(=O)Cc2cc(Cl)c(-c3ccc(S(=O)(=O)C4CC4)cc3)c(Cl)c2)cc1. The Bertz CT molecular complexity index is 1520. The molecular weight excluding hydrogens is 567 g/mol. The Balaban J connectivity index is 1.55. The molecular formula is C28H28Cl2O6S2. The smallest absolute Gasteiger partial charge is 0.181 e. The highest BCUT2D eigenvalue weighted by molar-refractivity contribution is 7.92. The second kappa shape index (κ2) is 11.5. The minimum absolute atomic E-state index is 0.00595. The third-order valence-electron chi connectivity index (χ3n) is 6.66. The molecule has 0 saturated heterocycles. The molecule has 10 heteroatoms. The van der Waals surface area contributed by atoms with E-state index in [1.54, 1.807) is 55.5 Å². The predicted octanol–water partition coefficient (Wildman–Crippen LogP) is 5.93. The number of Topliss-reactive ketones (excluding diaryl/α,β-unsaturated/α-hetero) is 1. The molecule has 0 heterocycles. The van der Waals surface area contributed by atoms with Crippen LogP contribution in [-0.4, -0.2) is 47.3 Å². The Morgan fingerprint density at radius 1 is 0.921 bits per heavy atom. The number of carbonyl (C=O) groups is 1. The molecule has 1 saturated carbocycles. The van der Waals surface area contributed by atoms with Crippen LogP contribution in [0.3, 0.4) is 0 Å². The molecule has 1 fully saturated rings. The first-order valence-corrected chi connectivity index (χ1v) is 16.1. The van der Waals surface area contributed by atoms with Crippen LogP contribution in [0.25, 0.3) is 11.1 Å². The summed E-state index contributed by atoms with van der Waals surface area (Å²) in [5, 5.41) is 0.396. The van der Waals surface area contributed by atoms with Crippen molar-refractivity contribution in [3.63, 3.8) is 0 Å². The Morgan fingerprint density at radius 2 is 1.47 bits per heavy atom. The largest absolute Gasteiger partial charge is 0.384 e. The van der Waals surface area contributed by atoms with E-state index in [9.17, 15) is 21.6 Å². The number of carbonyl (C=O) groups excluding carboxylic acids is 1. The third kappa shape index (κ3) is 6.15. The van der Waals surface area contributed by atoms with Crippen LogP contribution in [0.1, 0.15) is 36.8 Å². The summed E-state index contributed by atoms with van der Waals surface area (Å²) in [6.07, 6.45) is 1.43. The maximum Gasteiger partial charge on any atom is 0.181 e. The molecule has 4 rings (SSSR count). The summed E-state index contributed by atoms with van der Waals surface area (Å²) in [6, 6.07) is 16.2. The summed E-state index contributed by atoms with van der Waals surface area (Å²) in [5.41, 5.74) is 2.50. The molecule has 38 heavy (non-hydrogen) atoms. The lowest BCUT2D eigenvalue weighted by Crippen LogP contribution is -2.20. The van der Waals surface area contributed by atoms with Gasteiger partial charge in [0.05, 0.1) is 43.4 Å². The number of sulfone groups is 2. The summed E-state index contributed by atoms with van der Waals surface area (Å²) in [6.45, 7) is 1.71. The molecule has 1 aliphatic rings. The van der Waals surface area contributed by atoms with Gasteiger partial charge in [0.15, 0.2) is 19.7 Å². The predicted molar refractivity (Wildman–Crippen MR) is 150 cm³/mol. The van der Waals surface area contributed by atoms with Gasteiger partial charge in [-0.2, -0.15) is 0 Å². The van der Waals surface area contributed by atoms with Gasteiger partial charge in [-0.05, 0) is 65.9 Å². The van der Waals surface area contributed by atoms with Crippen LogP contribution in [0.4, 0.5) is 0 Å². The molecule has 0 aliphatic heterocycles. The van der Waals surface area contributed by atoms with Crippen molar-refractivity contribution in [1.82, 2.24) is 0 Å². The molecule has 0 radical (unpaired) electrons. The van der Waals surface area contributed by atoms with Crippen LogP contribution in [0, 0.1) is 0 Å². The molecule has 0 spiro atoms. The normalized spacial score (nSPS) is 14.8. The Hall–Kier alpha value is -2.23. The van der Waals surface area contributed by atoms with Crippen molar-refractivity contribution >= 4 is 48.7 Å². The minimum atomic E-state index is -3.34. The number of ketones is 1. The van der Waals surface area contributed by atoms with Gasteiger partial charge in [-0.15, -0.1) is 0 Å². The summed E-state index contributed by atoms with van der Waals surface area (Å²) >= 11 is 13.2. The van der Waals surface area contributed by atoms with Crippen molar-refractivity contribution in [3.8, 4) is 11.1 Å². The van der Waals surface area contributed by atoms with E-state index in [1.165, 1.54) is 19.2 Å². The van der Waals surface area contributed by atoms with Gasteiger partial charge in [-0.3, -0.25) is 4.79 Å². The molecule has 1 atom stereocenters. The van der Waals surface area contributed by atoms with Crippen molar-refractivity contribution < 1.29 is 26.4 Å². The monoisotopic (exact) mass is 594 g/mol. The molecule has 6 nitrogen and oxygen atoms in total. The fourth-order valence-electron chi connectivity index (χ4n) is 4.33. The molecule has 0 N–H and O–H groups in total. The average Bonchev–Trinajstić information content (AvgIpc) is 3.74.